The standard InChI is InChI=1S/C20H17BrN4O7/c1-10(26)22-15-6-4-13(5-7-15)20-24(11(2)27)23-19(32-20)16-8-14(21)9-17(25(29)30)18(16)31-12(3)28/h4-9,20H,1-3H3,(H,22,26). The van der Waals surface area contributed by atoms with E-state index in [0.29, 0.717) is 15.7 Å². The highest BCUT2D eigenvalue weighted by Crippen LogP contribution is 2.39. The average Bonchev–Trinajstić information content (AvgIpc) is 3.14. The van der Waals surface area contributed by atoms with Crippen LogP contribution in [-0.4, -0.2) is 33.6 Å². The number of benzene rings is 2. The van der Waals surface area contributed by atoms with Crippen LogP contribution in [0.25, 0.3) is 0 Å². The molecule has 0 spiro atoms. The number of ether oxygens (including phenoxy) is 2. The van der Waals surface area contributed by atoms with Crippen molar-refractivity contribution in [2.45, 2.75) is 27.0 Å². The number of carbonyl (C=O) groups is 3. The summed E-state index contributed by atoms with van der Waals surface area (Å²) in [5.74, 6) is -1.95. The molecule has 0 radical (unpaired) electrons. The molecule has 2 amide bonds. The molecule has 1 unspecified atom stereocenters. The summed E-state index contributed by atoms with van der Waals surface area (Å²) in [5, 5.41) is 19.4. The summed E-state index contributed by atoms with van der Waals surface area (Å²) in [7, 11) is 0. The van der Waals surface area contributed by atoms with E-state index in [1.54, 1.807) is 24.3 Å². The number of rotatable bonds is 5. The van der Waals surface area contributed by atoms with E-state index in [0.717, 1.165) is 11.9 Å². The molecular weight excluding hydrogens is 488 g/mol. The van der Waals surface area contributed by atoms with E-state index in [9.17, 15) is 24.5 Å². The first-order valence-electron chi connectivity index (χ1n) is 9.16. The summed E-state index contributed by atoms with van der Waals surface area (Å²) in [4.78, 5) is 45.8. The van der Waals surface area contributed by atoms with Crippen LogP contribution in [0.2, 0.25) is 0 Å². The van der Waals surface area contributed by atoms with Gasteiger partial charge in [-0.1, -0.05) is 28.1 Å². The number of hydrazone groups is 1. The normalized spacial score (nSPS) is 14.9. The Balaban J connectivity index is 2.04. The summed E-state index contributed by atoms with van der Waals surface area (Å²) < 4.78 is 11.3. The fourth-order valence-electron chi connectivity index (χ4n) is 2.95. The monoisotopic (exact) mass is 504 g/mol. The fraction of sp³-hybridized carbons (Fsp3) is 0.200. The van der Waals surface area contributed by atoms with Crippen molar-refractivity contribution in [3.63, 3.8) is 0 Å². The Labute approximate surface area is 190 Å². The number of nitro benzene ring substituents is 1. The van der Waals surface area contributed by atoms with Crippen LogP contribution in [0.3, 0.4) is 0 Å². The maximum Gasteiger partial charge on any atom is 0.313 e. The summed E-state index contributed by atoms with van der Waals surface area (Å²) in [6.45, 7) is 3.77. The van der Waals surface area contributed by atoms with Gasteiger partial charge in [0, 0.05) is 42.6 Å². The van der Waals surface area contributed by atoms with Crippen molar-refractivity contribution < 1.29 is 28.8 Å². The van der Waals surface area contributed by atoms with Gasteiger partial charge in [-0.15, -0.1) is 5.10 Å². The van der Waals surface area contributed by atoms with Crippen molar-refractivity contribution in [3.05, 3.63) is 62.1 Å². The zero-order chi connectivity index (χ0) is 23.6. The Kier molecular flexibility index (Phi) is 6.53. The number of halogens is 1. The maximum absolute atomic E-state index is 12.2. The third-order valence-electron chi connectivity index (χ3n) is 4.19. The van der Waals surface area contributed by atoms with E-state index < -0.39 is 28.7 Å². The van der Waals surface area contributed by atoms with Crippen molar-refractivity contribution >= 4 is 51.0 Å². The van der Waals surface area contributed by atoms with Crippen LogP contribution in [0.1, 0.15) is 38.1 Å². The van der Waals surface area contributed by atoms with Gasteiger partial charge < -0.3 is 14.8 Å². The van der Waals surface area contributed by atoms with E-state index in [1.807, 2.05) is 0 Å². The number of hydrogen-bond donors (Lipinski definition) is 1. The fourth-order valence-corrected chi connectivity index (χ4v) is 3.40. The van der Waals surface area contributed by atoms with E-state index >= 15 is 0 Å². The number of nitrogens with one attached hydrogen (secondary N) is 1. The highest BCUT2D eigenvalue weighted by atomic mass is 79.9. The van der Waals surface area contributed by atoms with Crippen molar-refractivity contribution in [1.29, 1.82) is 0 Å². The van der Waals surface area contributed by atoms with Crippen LogP contribution < -0.4 is 10.1 Å². The first kappa shape index (κ1) is 22.9. The third kappa shape index (κ3) is 4.91. The molecule has 0 aromatic heterocycles. The first-order chi connectivity index (χ1) is 15.1. The maximum atomic E-state index is 12.2. The van der Waals surface area contributed by atoms with Crippen molar-refractivity contribution in [1.82, 2.24) is 5.01 Å². The Morgan fingerprint density at radius 3 is 2.38 bits per heavy atom. The number of nitro groups is 1. The molecule has 1 N–H and O–H groups in total. The molecule has 0 saturated heterocycles. The average molecular weight is 505 g/mol. The molecule has 3 rings (SSSR count). The van der Waals surface area contributed by atoms with Crippen LogP contribution in [0.15, 0.2) is 46.0 Å². The molecule has 166 valence electrons. The van der Waals surface area contributed by atoms with Gasteiger partial charge in [0.1, 0.15) is 0 Å². The number of hydrogen-bond acceptors (Lipinski definition) is 8. The van der Waals surface area contributed by atoms with Gasteiger partial charge in [-0.2, -0.15) is 5.01 Å². The lowest BCUT2D eigenvalue weighted by molar-refractivity contribution is -0.385. The molecule has 0 saturated carbocycles. The molecule has 1 heterocycles. The number of carbonyl (C=O) groups excluding carboxylic acids is 3. The highest BCUT2D eigenvalue weighted by molar-refractivity contribution is 9.10. The van der Waals surface area contributed by atoms with Crippen LogP contribution in [0, 0.1) is 10.1 Å². The Bertz CT molecular complexity index is 1150. The second-order valence-corrected chi connectivity index (χ2v) is 7.61. The van der Waals surface area contributed by atoms with Gasteiger partial charge in [0.15, 0.2) is 0 Å². The number of nitrogens with zero attached hydrogens (tertiary/aromatic N) is 3. The molecule has 0 fully saturated rings. The highest BCUT2D eigenvalue weighted by Gasteiger charge is 2.36. The van der Waals surface area contributed by atoms with Crippen LogP contribution in [0.5, 0.6) is 5.75 Å². The molecule has 32 heavy (non-hydrogen) atoms. The molecule has 0 bridgehead atoms. The minimum Gasteiger partial charge on any atom is -0.446 e. The van der Waals surface area contributed by atoms with Crippen LogP contribution in [-0.2, 0) is 19.1 Å². The first-order valence-corrected chi connectivity index (χ1v) is 9.95. The Hall–Kier alpha value is -3.80. The minimum atomic E-state index is -0.975. The van der Waals surface area contributed by atoms with Crippen molar-refractivity contribution in [2.75, 3.05) is 5.32 Å². The quantitative estimate of drug-likeness (QED) is 0.284. The Morgan fingerprint density at radius 2 is 1.84 bits per heavy atom. The van der Waals surface area contributed by atoms with Crippen LogP contribution in [0.4, 0.5) is 11.4 Å². The molecule has 1 aliphatic rings. The second kappa shape index (κ2) is 9.14. The lowest BCUT2D eigenvalue weighted by Crippen LogP contribution is -2.25. The van der Waals surface area contributed by atoms with Crippen molar-refractivity contribution in [2.24, 2.45) is 5.10 Å². The Morgan fingerprint density at radius 1 is 1.19 bits per heavy atom. The zero-order valence-electron chi connectivity index (χ0n) is 17.1. The van der Waals surface area contributed by atoms with Gasteiger partial charge in [-0.25, -0.2) is 0 Å². The van der Waals surface area contributed by atoms with Gasteiger partial charge in [-0.3, -0.25) is 24.5 Å². The second-order valence-electron chi connectivity index (χ2n) is 6.69. The minimum absolute atomic E-state index is 0.0184. The summed E-state index contributed by atoms with van der Waals surface area (Å²) in [6.07, 6.45) is -0.975. The number of anilines is 1. The van der Waals surface area contributed by atoms with Gasteiger partial charge in [0.2, 0.25) is 29.7 Å². The zero-order valence-corrected chi connectivity index (χ0v) is 18.7. The molecule has 1 atom stereocenters. The largest absolute Gasteiger partial charge is 0.446 e. The van der Waals surface area contributed by atoms with Crippen molar-refractivity contribution in [3.8, 4) is 5.75 Å². The van der Waals surface area contributed by atoms with E-state index in [1.165, 1.54) is 26.0 Å². The summed E-state index contributed by atoms with van der Waals surface area (Å²) in [6, 6.07) is 9.15. The SMILES string of the molecule is CC(=O)Nc1ccc(C2OC(c3cc(Br)cc([N+](=O)[O-])c3OC(C)=O)=NN2C(C)=O)cc1. The van der Waals surface area contributed by atoms with E-state index in [-0.39, 0.29) is 23.1 Å². The van der Waals surface area contributed by atoms with Gasteiger partial charge in [0.25, 0.3) is 0 Å². The van der Waals surface area contributed by atoms with E-state index in [2.05, 4.69) is 26.3 Å². The predicted octanol–water partition coefficient (Wildman–Crippen LogP) is 3.48. The van der Waals surface area contributed by atoms with Gasteiger partial charge in [-0.05, 0) is 18.2 Å². The predicted molar refractivity (Wildman–Crippen MR) is 116 cm³/mol. The number of amides is 2. The number of esters is 1. The molecule has 2 aromatic carbocycles. The van der Waals surface area contributed by atoms with Gasteiger partial charge >= 0.3 is 11.7 Å². The molecule has 2 aromatic rings. The third-order valence-corrected chi connectivity index (χ3v) is 4.65. The van der Waals surface area contributed by atoms with Gasteiger partial charge in [0.05, 0.1) is 10.5 Å². The lowest BCUT2D eigenvalue weighted by atomic mass is 10.1. The van der Waals surface area contributed by atoms with Crippen LogP contribution >= 0.6 is 15.9 Å². The molecule has 0 aliphatic carbocycles. The summed E-state index contributed by atoms with van der Waals surface area (Å²) in [5.41, 5.74) is 0.624. The molecule has 12 heteroatoms. The topological polar surface area (TPSA) is 140 Å². The van der Waals surface area contributed by atoms with E-state index in [4.69, 9.17) is 9.47 Å². The molecular formula is C20H17BrN4O7. The molecule has 1 aliphatic heterocycles. The molecule has 11 nitrogen and oxygen atoms in total. The lowest BCUT2D eigenvalue weighted by Gasteiger charge is -2.19. The smallest absolute Gasteiger partial charge is 0.313 e. The summed E-state index contributed by atoms with van der Waals surface area (Å²) >= 11 is 3.19.